The average Bonchev–Trinajstić information content (AvgIpc) is 2.50. The Balaban J connectivity index is 0.00000288. The number of carbonyl (C=O) groups is 1. The Morgan fingerprint density at radius 1 is 1.29 bits per heavy atom. The fourth-order valence-corrected chi connectivity index (χ4v) is 3.23. The molecule has 1 aliphatic heterocycles. The summed E-state index contributed by atoms with van der Waals surface area (Å²) in [5, 5.41) is 6.27. The van der Waals surface area contributed by atoms with Gasteiger partial charge in [-0.15, -0.1) is 12.4 Å². The van der Waals surface area contributed by atoms with Gasteiger partial charge in [0.05, 0.1) is 5.54 Å². The third-order valence-electron chi connectivity index (χ3n) is 4.79. The Kier molecular flexibility index (Phi) is 7.61. The van der Waals surface area contributed by atoms with Crippen LogP contribution in [-0.4, -0.2) is 19.0 Å². The Hall–Kier alpha value is -1.20. The van der Waals surface area contributed by atoms with Crippen LogP contribution in [0.5, 0.6) is 0 Å². The highest BCUT2D eigenvalue weighted by Crippen LogP contribution is 2.26. The average molecular weight is 361 g/mol. The quantitative estimate of drug-likeness (QED) is 0.839. The lowest BCUT2D eigenvalue weighted by Gasteiger charge is -2.31. The molecule has 2 rings (SSSR count). The van der Waals surface area contributed by atoms with Gasteiger partial charge in [0, 0.05) is 6.42 Å². The molecule has 1 aromatic carbocycles. The first-order chi connectivity index (χ1) is 10.8. The maximum atomic E-state index is 13.4. The monoisotopic (exact) mass is 360 g/mol. The van der Waals surface area contributed by atoms with Crippen molar-refractivity contribution >= 4 is 18.3 Å². The Labute approximate surface area is 149 Å². The van der Waals surface area contributed by atoms with Crippen molar-refractivity contribution in [2.24, 2.45) is 11.8 Å². The standard InChI is InChI=1S/C18H26F2N2O.ClH/c1-12(13-6-8-21-9-7-13)10-17(23)22-18(2,3)14-4-5-15(19)16(20)11-14;/h4-5,11-13,21H,6-10H2,1-3H3,(H,22,23);1H. The summed E-state index contributed by atoms with van der Waals surface area (Å²) in [6, 6.07) is 3.75. The second-order valence-corrected chi connectivity index (χ2v) is 7.07. The first-order valence-electron chi connectivity index (χ1n) is 8.27. The van der Waals surface area contributed by atoms with Gasteiger partial charge < -0.3 is 10.6 Å². The zero-order valence-corrected chi connectivity index (χ0v) is 15.3. The molecule has 2 N–H and O–H groups in total. The van der Waals surface area contributed by atoms with E-state index in [9.17, 15) is 13.6 Å². The summed E-state index contributed by atoms with van der Waals surface area (Å²) in [5.74, 6) is -0.944. The lowest BCUT2D eigenvalue weighted by atomic mass is 9.83. The third-order valence-corrected chi connectivity index (χ3v) is 4.79. The molecule has 0 radical (unpaired) electrons. The van der Waals surface area contributed by atoms with Crippen molar-refractivity contribution in [3.05, 3.63) is 35.4 Å². The van der Waals surface area contributed by atoms with Gasteiger partial charge in [-0.25, -0.2) is 8.78 Å². The van der Waals surface area contributed by atoms with Gasteiger partial charge in [-0.05, 0) is 69.3 Å². The zero-order valence-electron chi connectivity index (χ0n) is 14.5. The number of nitrogens with one attached hydrogen (secondary N) is 2. The minimum atomic E-state index is -0.895. The van der Waals surface area contributed by atoms with Crippen LogP contribution in [0.4, 0.5) is 8.78 Å². The van der Waals surface area contributed by atoms with Crippen LogP contribution in [0.25, 0.3) is 0 Å². The summed E-state index contributed by atoms with van der Waals surface area (Å²) in [7, 11) is 0. The lowest BCUT2D eigenvalue weighted by Crippen LogP contribution is -2.42. The van der Waals surface area contributed by atoms with Crippen LogP contribution in [0, 0.1) is 23.5 Å². The van der Waals surface area contributed by atoms with E-state index in [1.807, 2.05) is 0 Å². The predicted molar refractivity (Wildman–Crippen MR) is 94.1 cm³/mol. The van der Waals surface area contributed by atoms with Crippen LogP contribution < -0.4 is 10.6 Å². The van der Waals surface area contributed by atoms with E-state index in [1.165, 1.54) is 6.07 Å². The van der Waals surface area contributed by atoms with Gasteiger partial charge in [0.15, 0.2) is 11.6 Å². The van der Waals surface area contributed by atoms with Gasteiger partial charge in [-0.2, -0.15) is 0 Å². The normalized spacial score (nSPS) is 17.0. The topological polar surface area (TPSA) is 41.1 Å². The van der Waals surface area contributed by atoms with Crippen LogP contribution in [0.1, 0.15) is 45.6 Å². The zero-order chi connectivity index (χ0) is 17.0. The van der Waals surface area contributed by atoms with Gasteiger partial charge in [-0.3, -0.25) is 4.79 Å². The number of carbonyl (C=O) groups excluding carboxylic acids is 1. The molecule has 1 aromatic rings. The van der Waals surface area contributed by atoms with E-state index >= 15 is 0 Å². The van der Waals surface area contributed by atoms with Crippen LogP contribution >= 0.6 is 12.4 Å². The summed E-state index contributed by atoms with van der Waals surface area (Å²) in [6.45, 7) is 7.73. The van der Waals surface area contributed by atoms with Crippen molar-refractivity contribution in [3.63, 3.8) is 0 Å². The van der Waals surface area contributed by atoms with Crippen LogP contribution in [0.3, 0.4) is 0 Å². The predicted octanol–water partition coefficient (Wildman–Crippen LogP) is 3.76. The molecular formula is C18H27ClF2N2O. The summed E-state index contributed by atoms with van der Waals surface area (Å²) < 4.78 is 26.5. The molecule has 1 unspecified atom stereocenters. The van der Waals surface area contributed by atoms with Crippen molar-refractivity contribution in [1.29, 1.82) is 0 Å². The van der Waals surface area contributed by atoms with Crippen molar-refractivity contribution in [2.75, 3.05) is 13.1 Å². The van der Waals surface area contributed by atoms with Crippen molar-refractivity contribution < 1.29 is 13.6 Å². The molecule has 0 aromatic heterocycles. The van der Waals surface area contributed by atoms with Gasteiger partial charge in [-0.1, -0.05) is 13.0 Å². The number of halogens is 3. The molecule has 24 heavy (non-hydrogen) atoms. The summed E-state index contributed by atoms with van der Waals surface area (Å²) in [5.41, 5.74) is -0.182. The summed E-state index contributed by atoms with van der Waals surface area (Å²) in [6.07, 6.45) is 2.65. The minimum absolute atomic E-state index is 0. The minimum Gasteiger partial charge on any atom is -0.347 e. The Morgan fingerprint density at radius 3 is 2.50 bits per heavy atom. The SMILES string of the molecule is CC(CC(=O)NC(C)(C)c1ccc(F)c(F)c1)C1CCNCC1.Cl. The number of rotatable bonds is 5. The molecule has 1 saturated heterocycles. The van der Waals surface area contributed by atoms with Crippen LogP contribution in [-0.2, 0) is 10.3 Å². The van der Waals surface area contributed by atoms with E-state index in [0.29, 0.717) is 23.8 Å². The van der Waals surface area contributed by atoms with Crippen molar-refractivity contribution in [2.45, 2.75) is 45.6 Å². The molecule has 1 heterocycles. The number of hydrogen-bond acceptors (Lipinski definition) is 2. The Morgan fingerprint density at radius 2 is 1.92 bits per heavy atom. The number of piperidine rings is 1. The highest BCUT2D eigenvalue weighted by molar-refractivity contribution is 5.85. The first-order valence-corrected chi connectivity index (χ1v) is 8.27. The van der Waals surface area contributed by atoms with Gasteiger partial charge in [0.1, 0.15) is 0 Å². The van der Waals surface area contributed by atoms with Crippen molar-refractivity contribution in [3.8, 4) is 0 Å². The maximum Gasteiger partial charge on any atom is 0.220 e. The van der Waals surface area contributed by atoms with E-state index in [4.69, 9.17) is 0 Å². The van der Waals surface area contributed by atoms with E-state index in [1.54, 1.807) is 13.8 Å². The van der Waals surface area contributed by atoms with Crippen LogP contribution in [0.2, 0.25) is 0 Å². The maximum absolute atomic E-state index is 13.4. The molecule has 136 valence electrons. The summed E-state index contributed by atoms with van der Waals surface area (Å²) >= 11 is 0. The van der Waals surface area contributed by atoms with Gasteiger partial charge >= 0.3 is 0 Å². The largest absolute Gasteiger partial charge is 0.347 e. The van der Waals surface area contributed by atoms with Crippen molar-refractivity contribution in [1.82, 2.24) is 10.6 Å². The second kappa shape index (κ2) is 8.77. The van der Waals surface area contributed by atoms with Gasteiger partial charge in [0.25, 0.3) is 0 Å². The van der Waals surface area contributed by atoms with Gasteiger partial charge in [0.2, 0.25) is 5.91 Å². The Bertz CT molecular complexity index is 560. The molecular weight excluding hydrogens is 334 g/mol. The fourth-order valence-electron chi connectivity index (χ4n) is 3.23. The van der Waals surface area contributed by atoms with E-state index in [2.05, 4.69) is 17.6 Å². The smallest absolute Gasteiger partial charge is 0.220 e. The lowest BCUT2D eigenvalue weighted by molar-refractivity contribution is -0.124. The molecule has 0 saturated carbocycles. The van der Waals surface area contributed by atoms with E-state index < -0.39 is 17.2 Å². The molecule has 1 aliphatic rings. The molecule has 0 spiro atoms. The molecule has 1 amide bonds. The second-order valence-electron chi connectivity index (χ2n) is 7.07. The molecule has 0 aliphatic carbocycles. The third kappa shape index (κ3) is 5.42. The number of hydrogen-bond donors (Lipinski definition) is 2. The first kappa shape index (κ1) is 20.8. The molecule has 3 nitrogen and oxygen atoms in total. The molecule has 1 atom stereocenters. The molecule has 1 fully saturated rings. The van der Waals surface area contributed by atoms with Crippen LogP contribution in [0.15, 0.2) is 18.2 Å². The number of benzene rings is 1. The highest BCUT2D eigenvalue weighted by atomic mass is 35.5. The summed E-state index contributed by atoms with van der Waals surface area (Å²) in [4.78, 5) is 12.3. The molecule has 0 bridgehead atoms. The van der Waals surface area contributed by atoms with E-state index in [0.717, 1.165) is 38.1 Å². The highest BCUT2D eigenvalue weighted by Gasteiger charge is 2.27. The number of amides is 1. The fraction of sp³-hybridized carbons (Fsp3) is 0.611. The molecule has 6 heteroatoms. The van der Waals surface area contributed by atoms with E-state index in [-0.39, 0.29) is 18.3 Å².